The van der Waals surface area contributed by atoms with E-state index < -0.39 is 0 Å². The molecule has 0 saturated heterocycles. The molecule has 1 aliphatic rings. The standard InChI is InChI=1S/C15H32N2/c1-12(2)14(17(5)6)11-16-13-7-9-15(3,4)10-8-13/h12-14,16H,7-11H2,1-6H3. The van der Waals surface area contributed by atoms with Gasteiger partial charge in [-0.05, 0) is 51.1 Å². The smallest absolute Gasteiger partial charge is 0.0237 e. The molecule has 0 aromatic carbocycles. The SMILES string of the molecule is CC(C)C(CNC1CCC(C)(C)CC1)N(C)C. The molecule has 0 heterocycles. The van der Waals surface area contributed by atoms with Crippen LogP contribution in [-0.4, -0.2) is 37.6 Å². The molecule has 1 fully saturated rings. The fraction of sp³-hybridized carbons (Fsp3) is 1.00. The zero-order valence-electron chi connectivity index (χ0n) is 12.7. The topological polar surface area (TPSA) is 15.3 Å². The first kappa shape index (κ1) is 15.0. The van der Waals surface area contributed by atoms with E-state index >= 15 is 0 Å². The summed E-state index contributed by atoms with van der Waals surface area (Å²) in [5.74, 6) is 0.720. The van der Waals surface area contributed by atoms with Crippen LogP contribution in [0.3, 0.4) is 0 Å². The van der Waals surface area contributed by atoms with E-state index in [2.05, 4.69) is 52.0 Å². The van der Waals surface area contributed by atoms with Crippen LogP contribution in [0.25, 0.3) is 0 Å². The van der Waals surface area contributed by atoms with E-state index in [1.165, 1.54) is 25.7 Å². The number of hydrogen-bond donors (Lipinski definition) is 1. The summed E-state index contributed by atoms with van der Waals surface area (Å²) in [5.41, 5.74) is 0.581. The fourth-order valence-electron chi connectivity index (χ4n) is 2.91. The summed E-state index contributed by atoms with van der Waals surface area (Å²) in [5, 5.41) is 3.78. The van der Waals surface area contributed by atoms with Crippen molar-refractivity contribution in [2.45, 2.75) is 65.5 Å². The summed E-state index contributed by atoms with van der Waals surface area (Å²) in [6, 6.07) is 1.41. The van der Waals surface area contributed by atoms with Gasteiger partial charge in [0.25, 0.3) is 0 Å². The minimum Gasteiger partial charge on any atom is -0.312 e. The van der Waals surface area contributed by atoms with E-state index in [-0.39, 0.29) is 0 Å². The van der Waals surface area contributed by atoms with Crippen LogP contribution >= 0.6 is 0 Å². The lowest BCUT2D eigenvalue weighted by Gasteiger charge is -2.36. The van der Waals surface area contributed by atoms with Crippen molar-refractivity contribution >= 4 is 0 Å². The van der Waals surface area contributed by atoms with Crippen molar-refractivity contribution in [3.8, 4) is 0 Å². The molecule has 0 aliphatic heterocycles. The molecule has 0 aromatic rings. The second-order valence-corrected chi connectivity index (χ2v) is 7.12. The van der Waals surface area contributed by atoms with Gasteiger partial charge >= 0.3 is 0 Å². The summed E-state index contributed by atoms with van der Waals surface area (Å²) >= 11 is 0. The molecule has 0 bridgehead atoms. The van der Waals surface area contributed by atoms with Gasteiger partial charge in [0.1, 0.15) is 0 Å². The zero-order chi connectivity index (χ0) is 13.1. The minimum atomic E-state index is 0.581. The Hall–Kier alpha value is -0.0800. The Morgan fingerprint density at radius 3 is 2.12 bits per heavy atom. The first-order chi connectivity index (χ1) is 7.82. The first-order valence-corrected chi connectivity index (χ1v) is 7.21. The molecule has 2 heteroatoms. The molecule has 1 aliphatic carbocycles. The Labute approximate surface area is 108 Å². The summed E-state index contributed by atoms with van der Waals surface area (Å²) in [7, 11) is 4.38. The Kier molecular flexibility index (Phi) is 5.46. The van der Waals surface area contributed by atoms with Gasteiger partial charge in [0, 0.05) is 18.6 Å². The predicted octanol–water partition coefficient (Wildman–Crippen LogP) is 3.13. The maximum absolute atomic E-state index is 3.78. The second-order valence-electron chi connectivity index (χ2n) is 7.12. The maximum Gasteiger partial charge on any atom is 0.0237 e. The minimum absolute atomic E-state index is 0.581. The number of rotatable bonds is 5. The summed E-state index contributed by atoms with van der Waals surface area (Å²) in [6.07, 6.45) is 5.45. The van der Waals surface area contributed by atoms with E-state index in [0.717, 1.165) is 18.5 Å². The van der Waals surface area contributed by atoms with Crippen molar-refractivity contribution in [2.24, 2.45) is 11.3 Å². The Morgan fingerprint density at radius 1 is 1.18 bits per heavy atom. The van der Waals surface area contributed by atoms with Gasteiger partial charge in [-0.2, -0.15) is 0 Å². The largest absolute Gasteiger partial charge is 0.312 e. The number of hydrogen-bond acceptors (Lipinski definition) is 2. The van der Waals surface area contributed by atoms with Gasteiger partial charge in [-0.25, -0.2) is 0 Å². The van der Waals surface area contributed by atoms with E-state index in [9.17, 15) is 0 Å². The highest BCUT2D eigenvalue weighted by atomic mass is 15.1. The molecule has 0 aromatic heterocycles. The monoisotopic (exact) mass is 240 g/mol. The van der Waals surface area contributed by atoms with Crippen molar-refractivity contribution < 1.29 is 0 Å². The highest BCUT2D eigenvalue weighted by Crippen LogP contribution is 2.34. The lowest BCUT2D eigenvalue weighted by Crippen LogP contribution is -2.46. The lowest BCUT2D eigenvalue weighted by atomic mass is 9.75. The van der Waals surface area contributed by atoms with E-state index in [4.69, 9.17) is 0 Å². The molecule has 1 unspecified atom stereocenters. The molecular formula is C15H32N2. The number of likely N-dealkylation sites (N-methyl/N-ethyl adjacent to an activating group) is 1. The summed E-state index contributed by atoms with van der Waals surface area (Å²) in [4.78, 5) is 2.35. The zero-order valence-corrected chi connectivity index (χ0v) is 12.7. The van der Waals surface area contributed by atoms with Crippen LogP contribution in [0.2, 0.25) is 0 Å². The number of nitrogens with zero attached hydrogens (tertiary/aromatic N) is 1. The van der Waals surface area contributed by atoms with E-state index in [1.807, 2.05) is 0 Å². The van der Waals surface area contributed by atoms with Crippen LogP contribution in [-0.2, 0) is 0 Å². The van der Waals surface area contributed by atoms with E-state index in [0.29, 0.717) is 11.5 Å². The quantitative estimate of drug-likeness (QED) is 0.794. The first-order valence-electron chi connectivity index (χ1n) is 7.21. The molecule has 1 rings (SSSR count). The normalized spacial score (nSPS) is 23.3. The molecule has 1 atom stereocenters. The van der Waals surface area contributed by atoms with Gasteiger partial charge in [0.05, 0.1) is 0 Å². The third-order valence-corrected chi connectivity index (χ3v) is 4.39. The Balaban J connectivity index is 2.31. The summed E-state index contributed by atoms with van der Waals surface area (Å²) < 4.78 is 0. The van der Waals surface area contributed by atoms with Crippen LogP contribution < -0.4 is 5.32 Å². The van der Waals surface area contributed by atoms with Gasteiger partial charge in [0.15, 0.2) is 0 Å². The number of nitrogens with one attached hydrogen (secondary N) is 1. The molecule has 102 valence electrons. The van der Waals surface area contributed by atoms with Crippen LogP contribution in [0.15, 0.2) is 0 Å². The van der Waals surface area contributed by atoms with Crippen molar-refractivity contribution in [1.82, 2.24) is 10.2 Å². The van der Waals surface area contributed by atoms with Crippen molar-refractivity contribution in [2.75, 3.05) is 20.6 Å². The predicted molar refractivity (Wildman–Crippen MR) is 76.4 cm³/mol. The molecule has 17 heavy (non-hydrogen) atoms. The van der Waals surface area contributed by atoms with Crippen molar-refractivity contribution in [3.63, 3.8) is 0 Å². The highest BCUT2D eigenvalue weighted by molar-refractivity contribution is 4.84. The van der Waals surface area contributed by atoms with Gasteiger partial charge in [0.2, 0.25) is 0 Å². The van der Waals surface area contributed by atoms with Crippen molar-refractivity contribution in [3.05, 3.63) is 0 Å². The van der Waals surface area contributed by atoms with Crippen LogP contribution in [0, 0.1) is 11.3 Å². The third kappa shape index (κ3) is 4.97. The van der Waals surface area contributed by atoms with Crippen LogP contribution in [0.1, 0.15) is 53.4 Å². The second kappa shape index (κ2) is 6.19. The van der Waals surface area contributed by atoms with Gasteiger partial charge in [-0.3, -0.25) is 0 Å². The van der Waals surface area contributed by atoms with Crippen LogP contribution in [0.5, 0.6) is 0 Å². The van der Waals surface area contributed by atoms with Crippen LogP contribution in [0.4, 0.5) is 0 Å². The maximum atomic E-state index is 3.78. The Bertz CT molecular complexity index is 203. The van der Waals surface area contributed by atoms with Gasteiger partial charge in [-0.15, -0.1) is 0 Å². The molecular weight excluding hydrogens is 208 g/mol. The average molecular weight is 240 g/mol. The molecule has 0 spiro atoms. The fourth-order valence-corrected chi connectivity index (χ4v) is 2.91. The molecule has 2 nitrogen and oxygen atoms in total. The lowest BCUT2D eigenvalue weighted by molar-refractivity contribution is 0.180. The van der Waals surface area contributed by atoms with Crippen molar-refractivity contribution in [1.29, 1.82) is 0 Å². The Morgan fingerprint density at radius 2 is 1.71 bits per heavy atom. The highest BCUT2D eigenvalue weighted by Gasteiger charge is 2.27. The molecule has 1 saturated carbocycles. The third-order valence-electron chi connectivity index (χ3n) is 4.39. The summed E-state index contributed by atoms with van der Waals surface area (Å²) in [6.45, 7) is 10.6. The van der Waals surface area contributed by atoms with Gasteiger partial charge < -0.3 is 10.2 Å². The molecule has 0 radical (unpaired) electrons. The van der Waals surface area contributed by atoms with E-state index in [1.54, 1.807) is 0 Å². The molecule has 1 N–H and O–H groups in total. The average Bonchev–Trinajstić information content (AvgIpc) is 2.19. The van der Waals surface area contributed by atoms with Gasteiger partial charge in [-0.1, -0.05) is 27.7 Å². The molecule has 0 amide bonds.